The summed E-state index contributed by atoms with van der Waals surface area (Å²) in [6, 6.07) is 0. The Kier molecular flexibility index (Phi) is 3.72. The molecule has 0 aromatic carbocycles. The lowest BCUT2D eigenvalue weighted by molar-refractivity contribution is 0.0829. The molecule has 0 aliphatic carbocycles. The molecule has 3 nitrogen and oxygen atoms in total. The number of hydrogen-bond donors (Lipinski definition) is 1. The molecule has 0 bridgehead atoms. The molecule has 0 aromatic heterocycles. The summed E-state index contributed by atoms with van der Waals surface area (Å²) in [4.78, 5) is 0. The molecule has 1 fully saturated rings. The van der Waals surface area contributed by atoms with Crippen LogP contribution in [0, 0.1) is 0 Å². The quantitative estimate of drug-likeness (QED) is 0.579. The number of rotatable bonds is 4. The average Bonchev–Trinajstić information content (AvgIpc) is 2.41. The summed E-state index contributed by atoms with van der Waals surface area (Å²) in [7, 11) is 1.73. The lowest BCUT2D eigenvalue weighted by Gasteiger charge is -2.07. The van der Waals surface area contributed by atoms with Crippen molar-refractivity contribution in [3.8, 4) is 0 Å². The van der Waals surface area contributed by atoms with Gasteiger partial charge in [-0.3, -0.25) is 5.32 Å². The first kappa shape index (κ1) is 7.98. The van der Waals surface area contributed by atoms with Crippen LogP contribution in [0.3, 0.4) is 0 Å². The fraction of sp³-hybridized carbons (Fsp3) is 1.00. The minimum Gasteiger partial charge on any atom is -0.385 e. The fourth-order valence-corrected chi connectivity index (χ4v) is 1.08. The molecule has 1 aliphatic rings. The summed E-state index contributed by atoms with van der Waals surface area (Å²) in [6.07, 6.45) is 2.43. The Morgan fingerprint density at radius 1 is 1.70 bits per heavy atom. The number of hydrogen-bond acceptors (Lipinski definition) is 3. The Labute approximate surface area is 61.7 Å². The first-order chi connectivity index (χ1) is 4.93. The number of nitrogens with one attached hydrogen (secondary N) is 1. The van der Waals surface area contributed by atoms with Crippen LogP contribution in [0.2, 0.25) is 0 Å². The molecule has 0 spiro atoms. The third kappa shape index (κ3) is 2.64. The second kappa shape index (κ2) is 4.66. The van der Waals surface area contributed by atoms with Crippen molar-refractivity contribution < 1.29 is 9.47 Å². The molecule has 3 heteroatoms. The zero-order chi connectivity index (χ0) is 7.23. The summed E-state index contributed by atoms with van der Waals surface area (Å²) in [5.41, 5.74) is 0. The van der Waals surface area contributed by atoms with E-state index in [0.717, 1.165) is 32.6 Å². The molecule has 1 saturated heterocycles. The third-order valence-corrected chi connectivity index (χ3v) is 1.61. The van der Waals surface area contributed by atoms with Crippen molar-refractivity contribution in [3.05, 3.63) is 0 Å². The van der Waals surface area contributed by atoms with Crippen molar-refractivity contribution in [2.45, 2.75) is 19.1 Å². The topological polar surface area (TPSA) is 30.5 Å². The lowest BCUT2D eigenvalue weighted by Crippen LogP contribution is -2.22. The fourth-order valence-electron chi connectivity index (χ4n) is 1.08. The van der Waals surface area contributed by atoms with Gasteiger partial charge in [0.2, 0.25) is 0 Å². The van der Waals surface area contributed by atoms with E-state index in [9.17, 15) is 0 Å². The number of methoxy groups -OCH3 is 1. The van der Waals surface area contributed by atoms with Gasteiger partial charge in [-0.1, -0.05) is 0 Å². The van der Waals surface area contributed by atoms with E-state index in [1.54, 1.807) is 7.11 Å². The molecule has 0 saturated carbocycles. The van der Waals surface area contributed by atoms with Gasteiger partial charge in [0.25, 0.3) is 0 Å². The largest absolute Gasteiger partial charge is 0.385 e. The number of ether oxygens (including phenoxy) is 2. The summed E-state index contributed by atoms with van der Waals surface area (Å²) in [5.74, 6) is 0. The lowest BCUT2D eigenvalue weighted by atomic mass is 10.3. The van der Waals surface area contributed by atoms with Gasteiger partial charge in [-0.2, -0.15) is 0 Å². The Morgan fingerprint density at radius 3 is 3.20 bits per heavy atom. The third-order valence-electron chi connectivity index (χ3n) is 1.61. The van der Waals surface area contributed by atoms with Crippen LogP contribution >= 0.6 is 0 Å². The van der Waals surface area contributed by atoms with Crippen molar-refractivity contribution in [3.63, 3.8) is 0 Å². The molecule has 1 rings (SSSR count). The van der Waals surface area contributed by atoms with E-state index in [-0.39, 0.29) is 6.23 Å². The van der Waals surface area contributed by atoms with E-state index in [0.29, 0.717) is 0 Å². The van der Waals surface area contributed by atoms with Crippen LogP contribution in [0.4, 0.5) is 0 Å². The van der Waals surface area contributed by atoms with Gasteiger partial charge in [0.1, 0.15) is 6.23 Å². The van der Waals surface area contributed by atoms with Gasteiger partial charge in [-0.15, -0.1) is 0 Å². The molecule has 1 N–H and O–H groups in total. The molecule has 1 atom stereocenters. The molecule has 10 heavy (non-hydrogen) atoms. The van der Waals surface area contributed by atoms with E-state index in [1.165, 1.54) is 0 Å². The van der Waals surface area contributed by atoms with Gasteiger partial charge >= 0.3 is 0 Å². The summed E-state index contributed by atoms with van der Waals surface area (Å²) in [5, 5.41) is 3.24. The van der Waals surface area contributed by atoms with E-state index in [2.05, 4.69) is 5.32 Å². The highest BCUT2D eigenvalue weighted by Crippen LogP contribution is 2.02. The van der Waals surface area contributed by atoms with Gasteiger partial charge in [-0.05, 0) is 12.8 Å². The maximum Gasteiger partial charge on any atom is 0.108 e. The molecule has 0 aromatic rings. The molecule has 1 aliphatic heterocycles. The maximum absolute atomic E-state index is 5.33. The van der Waals surface area contributed by atoms with Gasteiger partial charge in [0.15, 0.2) is 0 Å². The van der Waals surface area contributed by atoms with E-state index >= 15 is 0 Å². The van der Waals surface area contributed by atoms with Crippen molar-refractivity contribution in [2.75, 3.05) is 26.9 Å². The zero-order valence-electron chi connectivity index (χ0n) is 6.43. The minimum atomic E-state index is 0.287. The predicted octanol–water partition coefficient (Wildman–Crippen LogP) is 0.359. The molecule has 60 valence electrons. The van der Waals surface area contributed by atoms with E-state index in [1.807, 2.05) is 0 Å². The molecular weight excluding hydrogens is 130 g/mol. The van der Waals surface area contributed by atoms with Crippen molar-refractivity contribution in [1.82, 2.24) is 5.32 Å². The van der Waals surface area contributed by atoms with E-state index < -0.39 is 0 Å². The minimum absolute atomic E-state index is 0.287. The van der Waals surface area contributed by atoms with Crippen LogP contribution in [0.15, 0.2) is 0 Å². The van der Waals surface area contributed by atoms with Gasteiger partial charge in [0.05, 0.1) is 6.61 Å². The Hall–Kier alpha value is -0.120. The molecule has 0 amide bonds. The highest BCUT2D eigenvalue weighted by Gasteiger charge is 2.12. The van der Waals surface area contributed by atoms with Gasteiger partial charge in [-0.25, -0.2) is 0 Å². The van der Waals surface area contributed by atoms with Gasteiger partial charge in [0, 0.05) is 20.3 Å². The Bertz CT molecular complexity index is 81.7. The second-order valence-corrected chi connectivity index (χ2v) is 2.45. The molecular formula is C7H15NO2. The molecule has 1 heterocycles. The highest BCUT2D eigenvalue weighted by molar-refractivity contribution is 4.62. The zero-order valence-corrected chi connectivity index (χ0v) is 6.43. The monoisotopic (exact) mass is 145 g/mol. The summed E-state index contributed by atoms with van der Waals surface area (Å²) < 4.78 is 10.3. The SMILES string of the molecule is COCCCC1NCCO1. The van der Waals surface area contributed by atoms with Crippen LogP contribution in [0.1, 0.15) is 12.8 Å². The average molecular weight is 145 g/mol. The van der Waals surface area contributed by atoms with Crippen molar-refractivity contribution in [2.24, 2.45) is 0 Å². The standard InChI is InChI=1S/C7H15NO2/c1-9-5-2-3-7-8-4-6-10-7/h7-8H,2-6H2,1H3. The smallest absolute Gasteiger partial charge is 0.108 e. The van der Waals surface area contributed by atoms with Crippen molar-refractivity contribution in [1.29, 1.82) is 0 Å². The van der Waals surface area contributed by atoms with Crippen LogP contribution in [0.25, 0.3) is 0 Å². The Balaban J connectivity index is 1.91. The predicted molar refractivity (Wildman–Crippen MR) is 38.9 cm³/mol. The Morgan fingerprint density at radius 2 is 2.60 bits per heavy atom. The van der Waals surface area contributed by atoms with E-state index in [4.69, 9.17) is 9.47 Å². The molecule has 1 unspecified atom stereocenters. The van der Waals surface area contributed by atoms with Crippen LogP contribution in [-0.4, -0.2) is 33.1 Å². The second-order valence-electron chi connectivity index (χ2n) is 2.45. The van der Waals surface area contributed by atoms with Crippen LogP contribution < -0.4 is 5.32 Å². The normalized spacial score (nSPS) is 25.5. The van der Waals surface area contributed by atoms with Gasteiger partial charge < -0.3 is 9.47 Å². The molecule has 0 radical (unpaired) electrons. The maximum atomic E-state index is 5.33. The first-order valence-corrected chi connectivity index (χ1v) is 3.77. The van der Waals surface area contributed by atoms with Crippen molar-refractivity contribution >= 4 is 0 Å². The first-order valence-electron chi connectivity index (χ1n) is 3.77. The van der Waals surface area contributed by atoms with Crippen LogP contribution in [-0.2, 0) is 9.47 Å². The van der Waals surface area contributed by atoms with Crippen LogP contribution in [0.5, 0.6) is 0 Å². The summed E-state index contributed by atoms with van der Waals surface area (Å²) in [6.45, 7) is 2.69. The highest BCUT2D eigenvalue weighted by atomic mass is 16.5. The summed E-state index contributed by atoms with van der Waals surface area (Å²) >= 11 is 0.